The molecule has 0 bridgehead atoms. The first-order chi connectivity index (χ1) is 19.7. The van der Waals surface area contributed by atoms with E-state index in [9.17, 15) is 29.4 Å². The molecule has 0 aromatic carbocycles. The van der Waals surface area contributed by atoms with E-state index in [1.54, 1.807) is 0 Å². The summed E-state index contributed by atoms with van der Waals surface area (Å²) in [6.45, 7) is 3.42. The standard InChI is InChI=1S/C29H58N6O6/c1-2-3-4-5-6-7-8-9-10-15-22-35(25(29(40)41)18-19-26(32)36)34-23(16-11-13-20-30)27(37)33-24(28(38)39)17-12-14-21-31/h23-25,34H,2-22,30-31H2,1H3,(H2,32,36)(H,33,37)(H,38,39)(H,40,41)/t23-,24-,25-/m0/s1. The molecule has 12 heteroatoms. The number of nitrogens with two attached hydrogens (primary N) is 3. The molecule has 0 aliphatic carbocycles. The van der Waals surface area contributed by atoms with Gasteiger partial charge in [-0.15, -0.1) is 0 Å². The van der Waals surface area contributed by atoms with Gasteiger partial charge in [0.05, 0.1) is 0 Å². The molecule has 240 valence electrons. The van der Waals surface area contributed by atoms with Crippen molar-refractivity contribution < 1.29 is 29.4 Å². The van der Waals surface area contributed by atoms with Crippen LogP contribution in [0.1, 0.15) is 122 Å². The number of primary amides is 1. The molecule has 0 saturated heterocycles. The average Bonchev–Trinajstić information content (AvgIpc) is 2.92. The predicted octanol–water partition coefficient (Wildman–Crippen LogP) is 2.63. The van der Waals surface area contributed by atoms with Crippen molar-refractivity contribution in [2.45, 2.75) is 141 Å². The Bertz CT molecular complexity index is 726. The van der Waals surface area contributed by atoms with Gasteiger partial charge in [-0.3, -0.25) is 14.4 Å². The zero-order chi connectivity index (χ0) is 30.9. The van der Waals surface area contributed by atoms with Crippen LogP contribution in [0.2, 0.25) is 0 Å². The van der Waals surface area contributed by atoms with Crippen molar-refractivity contribution in [2.24, 2.45) is 17.2 Å². The molecule has 0 aromatic heterocycles. The normalized spacial score (nSPS) is 13.6. The molecule has 10 N–H and O–H groups in total. The number of amides is 2. The number of hydrogen-bond donors (Lipinski definition) is 7. The minimum absolute atomic E-state index is 0.0105. The molecule has 0 fully saturated rings. The van der Waals surface area contributed by atoms with Crippen LogP contribution in [-0.4, -0.2) is 76.7 Å². The Morgan fingerprint density at radius 3 is 1.66 bits per heavy atom. The van der Waals surface area contributed by atoms with E-state index >= 15 is 0 Å². The van der Waals surface area contributed by atoms with E-state index < -0.39 is 41.9 Å². The van der Waals surface area contributed by atoms with Gasteiger partial charge in [-0.2, -0.15) is 0 Å². The SMILES string of the molecule is CCCCCCCCCCCCN(N[C@@H](CCCCN)C(=O)N[C@@H](CCCCN)C(=O)O)[C@@H](CCC(N)=O)C(=O)O. The molecule has 3 atom stereocenters. The van der Waals surface area contributed by atoms with Gasteiger partial charge in [-0.05, 0) is 58.0 Å². The van der Waals surface area contributed by atoms with Gasteiger partial charge >= 0.3 is 11.9 Å². The van der Waals surface area contributed by atoms with Gasteiger partial charge in [0.15, 0.2) is 0 Å². The Labute approximate surface area is 246 Å². The highest BCUT2D eigenvalue weighted by atomic mass is 16.4. The molecule has 0 aromatic rings. The van der Waals surface area contributed by atoms with Gasteiger partial charge in [0.1, 0.15) is 18.1 Å². The molecule has 0 rings (SSSR count). The zero-order valence-corrected chi connectivity index (χ0v) is 25.3. The third-order valence-corrected chi connectivity index (χ3v) is 7.22. The van der Waals surface area contributed by atoms with Crippen LogP contribution in [0, 0.1) is 0 Å². The second kappa shape index (κ2) is 25.4. The van der Waals surface area contributed by atoms with Crippen molar-refractivity contribution in [1.82, 2.24) is 15.8 Å². The molecule has 0 saturated carbocycles. The summed E-state index contributed by atoms with van der Waals surface area (Å²) in [6.07, 6.45) is 14.1. The third-order valence-electron chi connectivity index (χ3n) is 7.22. The number of unbranched alkanes of at least 4 members (excludes halogenated alkanes) is 11. The van der Waals surface area contributed by atoms with Crippen molar-refractivity contribution in [3.8, 4) is 0 Å². The smallest absolute Gasteiger partial charge is 0.326 e. The third kappa shape index (κ3) is 20.3. The van der Waals surface area contributed by atoms with Gasteiger partial charge in [0.2, 0.25) is 11.8 Å². The summed E-state index contributed by atoms with van der Waals surface area (Å²) in [7, 11) is 0. The first kappa shape index (κ1) is 38.7. The van der Waals surface area contributed by atoms with Crippen molar-refractivity contribution >= 4 is 23.8 Å². The minimum atomic E-state index is -1.14. The zero-order valence-electron chi connectivity index (χ0n) is 25.3. The van der Waals surface area contributed by atoms with Crippen molar-refractivity contribution in [1.29, 1.82) is 0 Å². The fourth-order valence-corrected chi connectivity index (χ4v) is 4.74. The first-order valence-corrected chi connectivity index (χ1v) is 15.6. The number of carbonyl (C=O) groups excluding carboxylic acids is 2. The number of hydrogen-bond acceptors (Lipinski definition) is 8. The molecule has 12 nitrogen and oxygen atoms in total. The maximum Gasteiger partial charge on any atom is 0.326 e. The van der Waals surface area contributed by atoms with E-state index in [1.807, 2.05) is 0 Å². The Morgan fingerprint density at radius 1 is 0.683 bits per heavy atom. The van der Waals surface area contributed by atoms with Gasteiger partial charge in [0, 0.05) is 13.0 Å². The summed E-state index contributed by atoms with van der Waals surface area (Å²) in [5.74, 6) is -3.39. The largest absolute Gasteiger partial charge is 0.480 e. The Hall–Kier alpha value is -2.28. The van der Waals surface area contributed by atoms with Crippen molar-refractivity contribution in [3.63, 3.8) is 0 Å². The fraction of sp³-hybridized carbons (Fsp3) is 0.862. The highest BCUT2D eigenvalue weighted by Gasteiger charge is 2.31. The second-order valence-electron chi connectivity index (χ2n) is 10.9. The van der Waals surface area contributed by atoms with E-state index in [4.69, 9.17) is 17.2 Å². The fourth-order valence-electron chi connectivity index (χ4n) is 4.74. The van der Waals surface area contributed by atoms with Crippen molar-refractivity contribution in [3.05, 3.63) is 0 Å². The topological polar surface area (TPSA) is 214 Å². The minimum Gasteiger partial charge on any atom is -0.480 e. The lowest BCUT2D eigenvalue weighted by Crippen LogP contribution is -2.59. The number of rotatable bonds is 29. The number of hydrazine groups is 1. The van der Waals surface area contributed by atoms with E-state index in [1.165, 1.54) is 43.5 Å². The Balaban J connectivity index is 5.44. The highest BCUT2D eigenvalue weighted by molar-refractivity contribution is 5.87. The lowest BCUT2D eigenvalue weighted by atomic mass is 10.1. The summed E-state index contributed by atoms with van der Waals surface area (Å²) in [5, 5.41) is 23.7. The molecule has 0 aliphatic rings. The highest BCUT2D eigenvalue weighted by Crippen LogP contribution is 2.14. The number of carboxylic acid groups (broad SMARTS) is 2. The van der Waals surface area contributed by atoms with Gasteiger partial charge < -0.3 is 32.7 Å². The van der Waals surface area contributed by atoms with Gasteiger partial charge in [-0.25, -0.2) is 15.2 Å². The van der Waals surface area contributed by atoms with Crippen molar-refractivity contribution in [2.75, 3.05) is 19.6 Å². The number of nitrogens with zero attached hydrogens (tertiary/aromatic N) is 1. The van der Waals surface area contributed by atoms with Crippen LogP contribution in [0.3, 0.4) is 0 Å². The predicted molar refractivity (Wildman–Crippen MR) is 161 cm³/mol. The lowest BCUT2D eigenvalue weighted by molar-refractivity contribution is -0.147. The summed E-state index contributed by atoms with van der Waals surface area (Å²) in [4.78, 5) is 48.7. The van der Waals surface area contributed by atoms with Crippen LogP contribution in [0.15, 0.2) is 0 Å². The van der Waals surface area contributed by atoms with E-state index in [0.717, 1.165) is 19.3 Å². The maximum atomic E-state index is 13.3. The van der Waals surface area contributed by atoms with Crippen LogP contribution in [-0.2, 0) is 19.2 Å². The van der Waals surface area contributed by atoms with E-state index in [-0.39, 0.29) is 19.3 Å². The Kier molecular flexibility index (Phi) is 24.0. The summed E-state index contributed by atoms with van der Waals surface area (Å²) < 4.78 is 0. The maximum absolute atomic E-state index is 13.3. The molecule has 0 heterocycles. The number of carbonyl (C=O) groups is 4. The molecular weight excluding hydrogens is 528 g/mol. The molecular formula is C29H58N6O6. The summed E-state index contributed by atoms with van der Waals surface area (Å²) in [5.41, 5.74) is 19.6. The van der Waals surface area contributed by atoms with E-state index in [0.29, 0.717) is 58.2 Å². The van der Waals surface area contributed by atoms with Gasteiger partial charge in [-0.1, -0.05) is 71.1 Å². The monoisotopic (exact) mass is 586 g/mol. The molecule has 0 aliphatic heterocycles. The van der Waals surface area contributed by atoms with Crippen LogP contribution in [0.4, 0.5) is 0 Å². The molecule has 41 heavy (non-hydrogen) atoms. The van der Waals surface area contributed by atoms with Crippen LogP contribution in [0.5, 0.6) is 0 Å². The average molecular weight is 587 g/mol. The van der Waals surface area contributed by atoms with E-state index in [2.05, 4.69) is 17.7 Å². The number of carboxylic acids is 2. The molecule has 0 radical (unpaired) electrons. The summed E-state index contributed by atoms with van der Waals surface area (Å²) in [6, 6.07) is -3.02. The molecule has 0 spiro atoms. The number of nitrogens with one attached hydrogen (secondary N) is 2. The second-order valence-corrected chi connectivity index (χ2v) is 10.9. The number of aliphatic carboxylic acids is 2. The van der Waals surface area contributed by atoms with Gasteiger partial charge in [0.25, 0.3) is 0 Å². The quantitative estimate of drug-likeness (QED) is 0.0502. The van der Waals surface area contributed by atoms with Crippen LogP contribution >= 0.6 is 0 Å². The molecule has 0 unspecified atom stereocenters. The first-order valence-electron chi connectivity index (χ1n) is 15.6. The summed E-state index contributed by atoms with van der Waals surface area (Å²) >= 11 is 0. The van der Waals surface area contributed by atoms with Crippen LogP contribution in [0.25, 0.3) is 0 Å². The van der Waals surface area contributed by atoms with Crippen LogP contribution < -0.4 is 27.9 Å². The molecule has 2 amide bonds. The Morgan fingerprint density at radius 2 is 1.20 bits per heavy atom. The lowest BCUT2D eigenvalue weighted by Gasteiger charge is -2.33.